The van der Waals surface area contributed by atoms with Crippen LogP contribution in [0.3, 0.4) is 0 Å². The van der Waals surface area contributed by atoms with Crippen molar-refractivity contribution in [3.63, 3.8) is 0 Å². The molecule has 0 fully saturated rings. The predicted molar refractivity (Wildman–Crippen MR) is 79.5 cm³/mol. The SMILES string of the molecule is NS(=O)(=O)c1ccc(Nc2ccc(C(=O)O)cc2Cl)cc1. The number of hydrogen-bond acceptors (Lipinski definition) is 4. The summed E-state index contributed by atoms with van der Waals surface area (Å²) in [5.74, 6) is -1.07. The molecule has 0 radical (unpaired) electrons. The quantitative estimate of drug-likeness (QED) is 0.799. The lowest BCUT2D eigenvalue weighted by Crippen LogP contribution is -2.11. The first kappa shape index (κ1) is 15.3. The number of hydrogen-bond donors (Lipinski definition) is 3. The molecule has 0 saturated carbocycles. The van der Waals surface area contributed by atoms with Crippen molar-refractivity contribution >= 4 is 39.0 Å². The fourth-order valence-corrected chi connectivity index (χ4v) is 2.38. The maximum absolute atomic E-state index is 11.1. The van der Waals surface area contributed by atoms with Gasteiger partial charge in [0, 0.05) is 5.69 Å². The minimum atomic E-state index is -3.73. The molecule has 2 aromatic rings. The molecule has 4 N–H and O–H groups in total. The number of nitrogens with one attached hydrogen (secondary N) is 1. The van der Waals surface area contributed by atoms with Gasteiger partial charge in [-0.2, -0.15) is 0 Å². The van der Waals surface area contributed by atoms with Crippen LogP contribution in [-0.2, 0) is 10.0 Å². The summed E-state index contributed by atoms with van der Waals surface area (Å²) in [6, 6.07) is 10.0. The molecule has 6 nitrogen and oxygen atoms in total. The summed E-state index contributed by atoms with van der Waals surface area (Å²) in [6.45, 7) is 0. The molecule has 0 aliphatic heterocycles. The number of carboxylic acid groups (broad SMARTS) is 1. The number of anilines is 2. The van der Waals surface area contributed by atoms with Crippen LogP contribution in [-0.4, -0.2) is 19.5 Å². The number of rotatable bonds is 4. The molecule has 0 heterocycles. The van der Waals surface area contributed by atoms with Crippen molar-refractivity contribution in [1.29, 1.82) is 0 Å². The van der Waals surface area contributed by atoms with Crippen LogP contribution >= 0.6 is 11.6 Å². The number of halogens is 1. The minimum absolute atomic E-state index is 0.000345. The normalized spacial score (nSPS) is 11.1. The maximum atomic E-state index is 11.1. The second-order valence-corrected chi connectivity index (χ2v) is 6.16. The Kier molecular flexibility index (Phi) is 4.17. The fourth-order valence-electron chi connectivity index (χ4n) is 1.63. The third-order valence-electron chi connectivity index (χ3n) is 2.68. The molecule has 0 amide bonds. The summed E-state index contributed by atoms with van der Waals surface area (Å²) in [6.07, 6.45) is 0. The van der Waals surface area contributed by atoms with E-state index in [2.05, 4.69) is 5.32 Å². The van der Waals surface area contributed by atoms with Crippen LogP contribution in [0.4, 0.5) is 11.4 Å². The van der Waals surface area contributed by atoms with Gasteiger partial charge in [0.2, 0.25) is 10.0 Å². The first-order valence-corrected chi connectivity index (χ1v) is 7.62. The molecular formula is C13H11ClN2O4S. The summed E-state index contributed by atoms with van der Waals surface area (Å²) in [5.41, 5.74) is 1.17. The predicted octanol–water partition coefficient (Wildman–Crippen LogP) is 2.43. The molecule has 21 heavy (non-hydrogen) atoms. The number of aromatic carboxylic acids is 1. The van der Waals surface area contributed by atoms with Gasteiger partial charge < -0.3 is 10.4 Å². The Morgan fingerprint density at radius 3 is 2.24 bits per heavy atom. The van der Waals surface area contributed by atoms with Crippen LogP contribution in [0, 0.1) is 0 Å². The molecular weight excluding hydrogens is 316 g/mol. The van der Waals surface area contributed by atoms with E-state index >= 15 is 0 Å². The zero-order valence-corrected chi connectivity index (χ0v) is 12.1. The van der Waals surface area contributed by atoms with Crippen LogP contribution in [0.1, 0.15) is 10.4 Å². The smallest absolute Gasteiger partial charge is 0.335 e. The Balaban J connectivity index is 2.24. The minimum Gasteiger partial charge on any atom is -0.478 e. The van der Waals surface area contributed by atoms with Gasteiger partial charge in [-0.25, -0.2) is 18.4 Å². The number of nitrogens with two attached hydrogens (primary N) is 1. The van der Waals surface area contributed by atoms with Crippen molar-refractivity contribution in [2.24, 2.45) is 5.14 Å². The van der Waals surface area contributed by atoms with Crippen LogP contribution in [0.5, 0.6) is 0 Å². The van der Waals surface area contributed by atoms with Gasteiger partial charge in [-0.05, 0) is 42.5 Å². The van der Waals surface area contributed by atoms with Gasteiger partial charge in [-0.1, -0.05) is 11.6 Å². The van der Waals surface area contributed by atoms with Gasteiger partial charge in [0.05, 0.1) is 21.2 Å². The van der Waals surface area contributed by atoms with Gasteiger partial charge in [-0.15, -0.1) is 0 Å². The van der Waals surface area contributed by atoms with Gasteiger partial charge in [0.25, 0.3) is 0 Å². The topological polar surface area (TPSA) is 109 Å². The molecule has 8 heteroatoms. The molecule has 2 rings (SSSR count). The standard InChI is InChI=1S/C13H11ClN2O4S/c14-11-7-8(13(17)18)1-6-12(11)16-9-2-4-10(5-3-9)21(15,19)20/h1-7,16H,(H,17,18)(H2,15,19,20). The van der Waals surface area contributed by atoms with Gasteiger partial charge in [0.1, 0.15) is 0 Å². The van der Waals surface area contributed by atoms with Crippen molar-refractivity contribution in [3.05, 3.63) is 53.1 Å². The van der Waals surface area contributed by atoms with Crippen LogP contribution in [0.25, 0.3) is 0 Å². The number of primary sulfonamides is 1. The molecule has 110 valence electrons. The van der Waals surface area contributed by atoms with E-state index in [0.717, 1.165) is 0 Å². The van der Waals surface area contributed by atoms with E-state index in [-0.39, 0.29) is 15.5 Å². The summed E-state index contributed by atoms with van der Waals surface area (Å²) < 4.78 is 22.3. The summed E-state index contributed by atoms with van der Waals surface area (Å²) in [5, 5.41) is 17.1. The highest BCUT2D eigenvalue weighted by molar-refractivity contribution is 7.89. The van der Waals surface area contributed by atoms with Crippen LogP contribution in [0.2, 0.25) is 5.02 Å². The Bertz CT molecular complexity index is 788. The Morgan fingerprint density at radius 1 is 1.14 bits per heavy atom. The van der Waals surface area contributed by atoms with E-state index in [1.165, 1.54) is 42.5 Å². The number of benzene rings is 2. The molecule has 0 saturated heterocycles. The monoisotopic (exact) mass is 326 g/mol. The Morgan fingerprint density at radius 2 is 1.76 bits per heavy atom. The van der Waals surface area contributed by atoms with Crippen LogP contribution < -0.4 is 10.5 Å². The average molecular weight is 327 g/mol. The summed E-state index contributed by atoms with van der Waals surface area (Å²) in [7, 11) is -3.73. The highest BCUT2D eigenvalue weighted by Crippen LogP contribution is 2.27. The van der Waals surface area contributed by atoms with Gasteiger partial charge >= 0.3 is 5.97 Å². The van der Waals surface area contributed by atoms with E-state index in [4.69, 9.17) is 21.8 Å². The van der Waals surface area contributed by atoms with E-state index < -0.39 is 16.0 Å². The van der Waals surface area contributed by atoms with E-state index in [9.17, 15) is 13.2 Å². The second-order valence-electron chi connectivity index (χ2n) is 4.19. The number of sulfonamides is 1. The first-order chi connectivity index (χ1) is 9.77. The highest BCUT2D eigenvalue weighted by atomic mass is 35.5. The summed E-state index contributed by atoms with van der Waals surface area (Å²) >= 11 is 5.99. The van der Waals surface area contributed by atoms with Crippen molar-refractivity contribution < 1.29 is 18.3 Å². The number of carboxylic acids is 1. The zero-order valence-electron chi connectivity index (χ0n) is 10.6. The molecule has 0 spiro atoms. The number of carbonyl (C=O) groups is 1. The molecule has 0 unspecified atom stereocenters. The van der Waals surface area contributed by atoms with Crippen molar-refractivity contribution in [2.75, 3.05) is 5.32 Å². The van der Waals surface area contributed by atoms with Crippen molar-refractivity contribution in [1.82, 2.24) is 0 Å². The van der Waals surface area contributed by atoms with Gasteiger partial charge in [0.15, 0.2) is 0 Å². The van der Waals surface area contributed by atoms with Crippen molar-refractivity contribution in [2.45, 2.75) is 4.90 Å². The molecule has 2 aromatic carbocycles. The fraction of sp³-hybridized carbons (Fsp3) is 0. The first-order valence-electron chi connectivity index (χ1n) is 5.70. The molecule has 0 atom stereocenters. The third kappa shape index (κ3) is 3.72. The molecule has 0 aliphatic carbocycles. The lowest BCUT2D eigenvalue weighted by Gasteiger charge is -2.09. The lowest BCUT2D eigenvalue weighted by atomic mass is 10.2. The largest absolute Gasteiger partial charge is 0.478 e. The van der Waals surface area contributed by atoms with Gasteiger partial charge in [-0.3, -0.25) is 0 Å². The zero-order chi connectivity index (χ0) is 15.6. The second kappa shape index (κ2) is 5.72. The molecule has 0 aliphatic rings. The molecule has 0 aromatic heterocycles. The average Bonchev–Trinajstić information content (AvgIpc) is 2.40. The van der Waals surface area contributed by atoms with Crippen molar-refractivity contribution in [3.8, 4) is 0 Å². The third-order valence-corrected chi connectivity index (χ3v) is 3.92. The summed E-state index contributed by atoms with van der Waals surface area (Å²) in [4.78, 5) is 10.8. The van der Waals surface area contributed by atoms with E-state index in [0.29, 0.717) is 11.4 Å². The van der Waals surface area contributed by atoms with E-state index in [1.807, 2.05) is 0 Å². The maximum Gasteiger partial charge on any atom is 0.335 e. The molecule has 0 bridgehead atoms. The highest BCUT2D eigenvalue weighted by Gasteiger charge is 2.09. The van der Waals surface area contributed by atoms with Crippen LogP contribution in [0.15, 0.2) is 47.4 Å². The Hall–Kier alpha value is -2.09. The van der Waals surface area contributed by atoms with E-state index in [1.54, 1.807) is 0 Å². The lowest BCUT2D eigenvalue weighted by molar-refractivity contribution is 0.0697. The Labute approximate surface area is 126 Å².